The van der Waals surface area contributed by atoms with Crippen LogP contribution in [-0.2, 0) is 13.6 Å². The Hall–Kier alpha value is -1.63. The molecule has 0 unspecified atom stereocenters. The maximum atomic E-state index is 10.9. The first kappa shape index (κ1) is 20.7. The van der Waals surface area contributed by atoms with Crippen molar-refractivity contribution in [2.75, 3.05) is 6.54 Å². The fourth-order valence-corrected chi connectivity index (χ4v) is 3.64. The smallest absolute Gasteiger partial charge is 0.192 e. The van der Waals surface area contributed by atoms with Crippen LogP contribution in [0.1, 0.15) is 76.9 Å². The van der Waals surface area contributed by atoms with Gasteiger partial charge in [-0.3, -0.25) is 0 Å². The minimum Gasteiger partial charge on any atom is -0.388 e. The van der Waals surface area contributed by atoms with E-state index in [9.17, 15) is 5.11 Å². The summed E-state index contributed by atoms with van der Waals surface area (Å²) in [6.45, 7) is 7.15. The van der Waals surface area contributed by atoms with Gasteiger partial charge >= 0.3 is 0 Å². The highest BCUT2D eigenvalue weighted by atomic mass is 16.3. The zero-order valence-electron chi connectivity index (χ0n) is 16.9. The number of rotatable bonds is 9. The molecule has 0 bridgehead atoms. The Morgan fingerprint density at radius 3 is 2.42 bits per heavy atom. The van der Waals surface area contributed by atoms with Crippen LogP contribution in [0, 0.1) is 6.92 Å². The molecule has 1 aliphatic carbocycles. The molecule has 0 amide bonds. The third-order valence-electron chi connectivity index (χ3n) is 5.27. The van der Waals surface area contributed by atoms with Gasteiger partial charge in [0.1, 0.15) is 12.4 Å². The van der Waals surface area contributed by atoms with Crippen LogP contribution in [0.3, 0.4) is 0 Å². The van der Waals surface area contributed by atoms with E-state index in [4.69, 9.17) is 4.99 Å². The van der Waals surface area contributed by atoms with E-state index in [-0.39, 0.29) is 0 Å². The van der Waals surface area contributed by atoms with Gasteiger partial charge in [0.05, 0.1) is 5.60 Å². The van der Waals surface area contributed by atoms with E-state index in [1.165, 1.54) is 25.7 Å². The quantitative estimate of drug-likeness (QED) is 0.463. The van der Waals surface area contributed by atoms with E-state index >= 15 is 0 Å². The van der Waals surface area contributed by atoms with Gasteiger partial charge in [0.2, 0.25) is 0 Å². The van der Waals surface area contributed by atoms with Crippen LogP contribution in [0.5, 0.6) is 0 Å². The lowest BCUT2D eigenvalue weighted by Crippen LogP contribution is -2.49. The van der Waals surface area contributed by atoms with Gasteiger partial charge in [0.15, 0.2) is 11.8 Å². The van der Waals surface area contributed by atoms with Crippen LogP contribution in [0.25, 0.3) is 0 Å². The van der Waals surface area contributed by atoms with Crippen molar-refractivity contribution in [3.8, 4) is 0 Å². The van der Waals surface area contributed by atoms with Crippen molar-refractivity contribution in [1.29, 1.82) is 0 Å². The molecule has 148 valence electrons. The van der Waals surface area contributed by atoms with Gasteiger partial charge in [-0.25, -0.2) is 4.99 Å². The van der Waals surface area contributed by atoms with E-state index in [1.54, 1.807) is 0 Å². The lowest BCUT2D eigenvalue weighted by molar-refractivity contribution is 0.0257. The summed E-state index contributed by atoms with van der Waals surface area (Å²) in [5, 5.41) is 26.1. The number of hydrogen-bond acceptors (Lipinski definition) is 4. The number of nitrogens with one attached hydrogen (secondary N) is 2. The van der Waals surface area contributed by atoms with Gasteiger partial charge < -0.3 is 20.3 Å². The minimum absolute atomic E-state index is 0.466. The van der Waals surface area contributed by atoms with Crippen LogP contribution >= 0.6 is 0 Å². The number of hydrogen-bond donors (Lipinski definition) is 3. The van der Waals surface area contributed by atoms with Crippen LogP contribution in [0.4, 0.5) is 0 Å². The SMILES string of the molecule is CCCC(O)(CCC)CNC(=NCc1nnc(C)n1C)NC1CCCC1. The first-order chi connectivity index (χ1) is 12.5. The molecule has 0 spiro atoms. The molecular formula is C19H36N6O. The molecule has 1 aromatic heterocycles. The normalized spacial score (nSPS) is 16.3. The van der Waals surface area contributed by atoms with Crippen molar-refractivity contribution in [3.63, 3.8) is 0 Å². The van der Waals surface area contributed by atoms with Crippen molar-refractivity contribution in [3.05, 3.63) is 11.6 Å². The lowest BCUT2D eigenvalue weighted by Gasteiger charge is -2.29. The van der Waals surface area contributed by atoms with E-state index in [2.05, 4.69) is 34.7 Å². The molecule has 1 saturated carbocycles. The molecule has 0 atom stereocenters. The third-order valence-corrected chi connectivity index (χ3v) is 5.27. The molecule has 0 saturated heterocycles. The van der Waals surface area contributed by atoms with E-state index in [0.717, 1.165) is 43.3 Å². The molecule has 0 aliphatic heterocycles. The molecule has 3 N–H and O–H groups in total. The molecule has 1 aliphatic rings. The molecule has 1 aromatic rings. The van der Waals surface area contributed by atoms with Crippen LogP contribution < -0.4 is 10.6 Å². The standard InChI is InChI=1S/C19H36N6O/c1-5-11-19(26,12-6-2)14-21-18(22-16-9-7-8-10-16)20-13-17-24-23-15(3)25(17)4/h16,26H,5-14H2,1-4H3,(H2,20,21,22). The summed E-state index contributed by atoms with van der Waals surface area (Å²) in [6.07, 6.45) is 8.43. The second-order valence-corrected chi connectivity index (χ2v) is 7.59. The van der Waals surface area contributed by atoms with Crippen LogP contribution in [0.15, 0.2) is 4.99 Å². The lowest BCUT2D eigenvalue weighted by atomic mass is 9.93. The summed E-state index contributed by atoms with van der Waals surface area (Å²) >= 11 is 0. The fourth-order valence-electron chi connectivity index (χ4n) is 3.64. The van der Waals surface area contributed by atoms with E-state index in [1.807, 2.05) is 18.5 Å². The number of aliphatic hydroxyl groups is 1. The molecule has 2 rings (SSSR count). The number of aliphatic imine (C=N–C) groups is 1. The Kier molecular flexibility index (Phi) is 7.87. The molecule has 7 heteroatoms. The molecular weight excluding hydrogens is 328 g/mol. The van der Waals surface area contributed by atoms with Gasteiger partial charge in [0.25, 0.3) is 0 Å². The monoisotopic (exact) mass is 364 g/mol. The highest BCUT2D eigenvalue weighted by Crippen LogP contribution is 2.19. The fraction of sp³-hybridized carbons (Fsp3) is 0.842. The Balaban J connectivity index is 2.04. The second kappa shape index (κ2) is 9.90. The number of guanidine groups is 1. The van der Waals surface area contributed by atoms with E-state index < -0.39 is 5.60 Å². The minimum atomic E-state index is -0.678. The summed E-state index contributed by atoms with van der Waals surface area (Å²) in [6, 6.07) is 0.466. The predicted molar refractivity (Wildman–Crippen MR) is 105 cm³/mol. The van der Waals surface area contributed by atoms with Gasteiger partial charge in [-0.15, -0.1) is 10.2 Å². The molecule has 0 radical (unpaired) electrons. The first-order valence-corrected chi connectivity index (χ1v) is 10.1. The highest BCUT2D eigenvalue weighted by Gasteiger charge is 2.25. The van der Waals surface area contributed by atoms with Crippen LogP contribution in [0.2, 0.25) is 0 Å². The second-order valence-electron chi connectivity index (χ2n) is 7.59. The maximum absolute atomic E-state index is 10.9. The van der Waals surface area contributed by atoms with Crippen molar-refractivity contribution in [2.45, 2.75) is 90.3 Å². The Morgan fingerprint density at radius 2 is 1.88 bits per heavy atom. The zero-order valence-corrected chi connectivity index (χ0v) is 16.9. The van der Waals surface area contributed by atoms with Crippen LogP contribution in [-0.4, -0.2) is 44.0 Å². The average molecular weight is 365 g/mol. The first-order valence-electron chi connectivity index (χ1n) is 10.1. The summed E-state index contributed by atoms with van der Waals surface area (Å²) in [5.74, 6) is 2.49. The molecule has 1 fully saturated rings. The Labute approximate surface area is 157 Å². The summed E-state index contributed by atoms with van der Waals surface area (Å²) < 4.78 is 1.96. The van der Waals surface area contributed by atoms with Gasteiger partial charge in [-0.05, 0) is 32.6 Å². The molecule has 7 nitrogen and oxygen atoms in total. The topological polar surface area (TPSA) is 87.4 Å². The third kappa shape index (κ3) is 5.97. The molecule has 0 aromatic carbocycles. The van der Waals surface area contributed by atoms with Crippen molar-refractivity contribution >= 4 is 5.96 Å². The summed E-state index contributed by atoms with van der Waals surface area (Å²) in [7, 11) is 1.96. The predicted octanol–water partition coefficient (Wildman–Crippen LogP) is 2.43. The Bertz CT molecular complexity index is 571. The summed E-state index contributed by atoms with van der Waals surface area (Å²) in [4.78, 5) is 4.71. The number of aryl methyl sites for hydroxylation is 1. The molecule has 26 heavy (non-hydrogen) atoms. The zero-order chi connectivity index (χ0) is 19.0. The van der Waals surface area contributed by atoms with Gasteiger partial charge in [-0.1, -0.05) is 39.5 Å². The number of aromatic nitrogens is 3. The van der Waals surface area contributed by atoms with Crippen molar-refractivity contribution in [1.82, 2.24) is 25.4 Å². The van der Waals surface area contributed by atoms with Gasteiger partial charge in [0, 0.05) is 19.6 Å². The van der Waals surface area contributed by atoms with Crippen molar-refractivity contribution in [2.24, 2.45) is 12.0 Å². The largest absolute Gasteiger partial charge is 0.388 e. The molecule has 1 heterocycles. The number of nitrogens with zero attached hydrogens (tertiary/aromatic N) is 4. The van der Waals surface area contributed by atoms with Crippen molar-refractivity contribution < 1.29 is 5.11 Å². The summed E-state index contributed by atoms with van der Waals surface area (Å²) in [5.41, 5.74) is -0.678. The average Bonchev–Trinajstić information content (AvgIpc) is 3.22. The van der Waals surface area contributed by atoms with E-state index in [0.29, 0.717) is 19.1 Å². The highest BCUT2D eigenvalue weighted by molar-refractivity contribution is 5.80. The maximum Gasteiger partial charge on any atom is 0.192 e. The van der Waals surface area contributed by atoms with Gasteiger partial charge in [-0.2, -0.15) is 0 Å². The Morgan fingerprint density at radius 1 is 1.23 bits per heavy atom.